The lowest BCUT2D eigenvalue weighted by atomic mass is 9.86. The van der Waals surface area contributed by atoms with Crippen LogP contribution in [0.4, 0.5) is 10.8 Å². The Bertz CT molecular complexity index is 1130. The first-order chi connectivity index (χ1) is 13.4. The molecule has 28 heavy (non-hydrogen) atoms. The lowest BCUT2D eigenvalue weighted by molar-refractivity contribution is 0.442. The van der Waals surface area contributed by atoms with Crippen LogP contribution in [0.3, 0.4) is 0 Å². The molecule has 2 aromatic carbocycles. The van der Waals surface area contributed by atoms with Gasteiger partial charge in [0.2, 0.25) is 5.88 Å². The van der Waals surface area contributed by atoms with E-state index >= 15 is 0 Å². The van der Waals surface area contributed by atoms with Crippen LogP contribution in [0.5, 0.6) is 11.6 Å². The van der Waals surface area contributed by atoms with Crippen LogP contribution in [0, 0.1) is 6.92 Å². The molecule has 4 rings (SSSR count). The Balaban J connectivity index is 1.66. The zero-order valence-electron chi connectivity index (χ0n) is 16.5. The number of rotatable bonds is 4. The molecule has 0 amide bonds. The number of fused-ring (bicyclic) bond motifs is 1. The molecular formula is C23H23N3OS. The van der Waals surface area contributed by atoms with Crippen LogP contribution in [0.15, 0.2) is 60.8 Å². The molecule has 0 spiro atoms. The predicted molar refractivity (Wildman–Crippen MR) is 117 cm³/mol. The van der Waals surface area contributed by atoms with E-state index in [1.807, 2.05) is 30.3 Å². The molecule has 0 fully saturated rings. The van der Waals surface area contributed by atoms with Crippen molar-refractivity contribution in [3.05, 3.63) is 71.9 Å². The number of ether oxygens (including phenoxy) is 1. The number of hydrogen-bond acceptors (Lipinski definition) is 5. The number of hydrogen-bond donors (Lipinski definition) is 1. The van der Waals surface area contributed by atoms with Gasteiger partial charge in [-0.15, -0.1) is 0 Å². The van der Waals surface area contributed by atoms with E-state index < -0.39 is 0 Å². The maximum absolute atomic E-state index is 6.24. The molecule has 0 unspecified atom stereocenters. The summed E-state index contributed by atoms with van der Waals surface area (Å²) in [7, 11) is 0. The summed E-state index contributed by atoms with van der Waals surface area (Å²) in [6.45, 7) is 8.60. The summed E-state index contributed by atoms with van der Waals surface area (Å²) in [5.74, 6) is 1.35. The first-order valence-electron chi connectivity index (χ1n) is 9.27. The van der Waals surface area contributed by atoms with E-state index in [1.54, 1.807) is 17.5 Å². The molecule has 0 aliphatic heterocycles. The van der Waals surface area contributed by atoms with Gasteiger partial charge in [0.05, 0.1) is 10.2 Å². The van der Waals surface area contributed by atoms with Crippen molar-refractivity contribution in [2.75, 3.05) is 5.32 Å². The molecule has 0 bridgehead atoms. The molecule has 5 heteroatoms. The maximum atomic E-state index is 6.24. The monoisotopic (exact) mass is 389 g/mol. The van der Waals surface area contributed by atoms with Gasteiger partial charge < -0.3 is 10.1 Å². The first-order valence-corrected chi connectivity index (χ1v) is 10.1. The minimum atomic E-state index is -0.0240. The smallest absolute Gasteiger partial charge is 0.243 e. The normalized spacial score (nSPS) is 11.6. The van der Waals surface area contributed by atoms with E-state index in [2.05, 4.69) is 62.3 Å². The Morgan fingerprint density at radius 3 is 2.64 bits per heavy atom. The zero-order valence-corrected chi connectivity index (χ0v) is 17.3. The number of anilines is 2. The lowest BCUT2D eigenvalue weighted by Gasteiger charge is -2.22. The van der Waals surface area contributed by atoms with Crippen LogP contribution < -0.4 is 10.1 Å². The van der Waals surface area contributed by atoms with Gasteiger partial charge in [0.1, 0.15) is 11.4 Å². The van der Waals surface area contributed by atoms with Gasteiger partial charge in [-0.25, -0.2) is 9.97 Å². The van der Waals surface area contributed by atoms with E-state index in [9.17, 15) is 0 Å². The Hall–Kier alpha value is -2.92. The first kappa shape index (κ1) is 18.4. The van der Waals surface area contributed by atoms with Crippen molar-refractivity contribution in [3.8, 4) is 11.6 Å². The highest BCUT2D eigenvalue weighted by atomic mass is 32.1. The van der Waals surface area contributed by atoms with Gasteiger partial charge in [-0.2, -0.15) is 0 Å². The van der Waals surface area contributed by atoms with Crippen molar-refractivity contribution >= 4 is 32.4 Å². The highest BCUT2D eigenvalue weighted by molar-refractivity contribution is 7.22. The molecular weight excluding hydrogens is 366 g/mol. The van der Waals surface area contributed by atoms with Crippen LogP contribution in [-0.4, -0.2) is 9.97 Å². The van der Waals surface area contributed by atoms with Crippen LogP contribution in [0.2, 0.25) is 0 Å². The summed E-state index contributed by atoms with van der Waals surface area (Å²) in [5.41, 5.74) is 4.11. The Morgan fingerprint density at radius 1 is 1.00 bits per heavy atom. The fourth-order valence-electron chi connectivity index (χ4n) is 3.05. The van der Waals surface area contributed by atoms with Crippen molar-refractivity contribution in [1.29, 1.82) is 0 Å². The van der Waals surface area contributed by atoms with Gasteiger partial charge in [-0.1, -0.05) is 56.4 Å². The second-order valence-electron chi connectivity index (χ2n) is 7.82. The molecule has 2 heterocycles. The number of para-hydroxylation sites is 1. The lowest BCUT2D eigenvalue weighted by Crippen LogP contribution is -2.12. The third-order valence-electron chi connectivity index (χ3n) is 4.46. The summed E-state index contributed by atoms with van der Waals surface area (Å²) in [6.07, 6.45) is 1.74. The topological polar surface area (TPSA) is 47.0 Å². The van der Waals surface area contributed by atoms with Crippen molar-refractivity contribution in [1.82, 2.24) is 9.97 Å². The summed E-state index contributed by atoms with van der Waals surface area (Å²) in [5, 5.41) is 4.20. The summed E-state index contributed by atoms with van der Waals surface area (Å²) >= 11 is 1.62. The molecule has 0 atom stereocenters. The van der Waals surface area contributed by atoms with Gasteiger partial charge in [0.25, 0.3) is 0 Å². The number of thiazole rings is 1. The van der Waals surface area contributed by atoms with E-state index in [0.29, 0.717) is 5.88 Å². The fraction of sp³-hybridized carbons (Fsp3) is 0.217. The molecule has 0 saturated carbocycles. The molecule has 0 aliphatic rings. The highest BCUT2D eigenvalue weighted by Crippen LogP contribution is 2.37. The molecule has 4 aromatic rings. The van der Waals surface area contributed by atoms with Crippen molar-refractivity contribution in [2.45, 2.75) is 33.1 Å². The maximum Gasteiger partial charge on any atom is 0.243 e. The van der Waals surface area contributed by atoms with Crippen molar-refractivity contribution in [3.63, 3.8) is 0 Å². The predicted octanol–water partition coefficient (Wildman–Crippen LogP) is 6.83. The van der Waals surface area contributed by atoms with Gasteiger partial charge in [-0.05, 0) is 48.2 Å². The summed E-state index contributed by atoms with van der Waals surface area (Å²) in [4.78, 5) is 9.15. The highest BCUT2D eigenvalue weighted by Gasteiger charge is 2.20. The van der Waals surface area contributed by atoms with E-state index in [1.165, 1.54) is 5.56 Å². The Kier molecular flexibility index (Phi) is 4.77. The zero-order chi connectivity index (χ0) is 19.7. The fourth-order valence-corrected chi connectivity index (χ4v) is 3.91. The quantitative estimate of drug-likeness (QED) is 0.415. The molecule has 4 nitrogen and oxygen atoms in total. The number of aromatic nitrogens is 2. The minimum Gasteiger partial charge on any atom is -0.437 e. The van der Waals surface area contributed by atoms with E-state index in [0.717, 1.165) is 32.3 Å². The molecule has 0 radical (unpaired) electrons. The molecule has 1 N–H and O–H groups in total. The molecule has 0 saturated heterocycles. The van der Waals surface area contributed by atoms with Gasteiger partial charge in [-0.3, -0.25) is 0 Å². The second kappa shape index (κ2) is 7.24. The summed E-state index contributed by atoms with van der Waals surface area (Å²) in [6, 6.07) is 18.3. The van der Waals surface area contributed by atoms with Gasteiger partial charge >= 0.3 is 0 Å². The molecule has 2 aromatic heterocycles. The van der Waals surface area contributed by atoms with Crippen LogP contribution in [-0.2, 0) is 5.41 Å². The number of nitrogens with one attached hydrogen (secondary N) is 1. The number of benzene rings is 2. The van der Waals surface area contributed by atoms with E-state index in [-0.39, 0.29) is 5.41 Å². The number of pyridine rings is 1. The third-order valence-corrected chi connectivity index (χ3v) is 5.41. The average Bonchev–Trinajstić information content (AvgIpc) is 3.04. The van der Waals surface area contributed by atoms with Crippen LogP contribution in [0.25, 0.3) is 10.2 Å². The number of aryl methyl sites for hydroxylation is 1. The van der Waals surface area contributed by atoms with Crippen molar-refractivity contribution in [2.24, 2.45) is 0 Å². The van der Waals surface area contributed by atoms with Crippen LogP contribution >= 0.6 is 11.3 Å². The second-order valence-corrected chi connectivity index (χ2v) is 8.85. The van der Waals surface area contributed by atoms with E-state index in [4.69, 9.17) is 9.72 Å². The number of nitrogens with zero attached hydrogens (tertiary/aromatic N) is 2. The van der Waals surface area contributed by atoms with Gasteiger partial charge in [0, 0.05) is 11.8 Å². The standard InChI is InChI=1S/C23H23N3OS/c1-15-11-12-20-18(14-15)26-22(28-20)25-17-9-7-13-24-21(17)27-19-10-6-5-8-16(19)23(2,3)4/h5-14H,1-4H3,(H,25,26). The average molecular weight is 390 g/mol. The minimum absolute atomic E-state index is 0.0240. The third kappa shape index (κ3) is 3.85. The molecule has 0 aliphatic carbocycles. The Morgan fingerprint density at radius 2 is 1.82 bits per heavy atom. The SMILES string of the molecule is Cc1ccc2sc(Nc3cccnc3Oc3ccccc3C(C)(C)C)nc2c1. The molecule has 142 valence electrons. The van der Waals surface area contributed by atoms with Gasteiger partial charge in [0.15, 0.2) is 5.13 Å². The Labute approximate surface area is 169 Å². The van der Waals surface area contributed by atoms with Crippen molar-refractivity contribution < 1.29 is 4.74 Å². The largest absolute Gasteiger partial charge is 0.437 e. The summed E-state index contributed by atoms with van der Waals surface area (Å²) < 4.78 is 7.39. The van der Waals surface area contributed by atoms with Crippen LogP contribution in [0.1, 0.15) is 31.9 Å².